The van der Waals surface area contributed by atoms with Crippen molar-refractivity contribution in [2.45, 2.75) is 52.5 Å². The van der Waals surface area contributed by atoms with Crippen LogP contribution in [-0.4, -0.2) is 34.5 Å². The molecule has 0 saturated carbocycles. The molecule has 26 heavy (non-hydrogen) atoms. The van der Waals surface area contributed by atoms with Gasteiger partial charge in [0.2, 0.25) is 23.5 Å². The molecule has 0 saturated heterocycles. The van der Waals surface area contributed by atoms with Crippen molar-refractivity contribution in [3.05, 3.63) is 23.4 Å². The minimum atomic E-state index is -0.485. The Balaban J connectivity index is 1.63. The number of carbonyl (C=O) groups is 2. The number of nitrogens with one attached hydrogen (secondary N) is 2. The summed E-state index contributed by atoms with van der Waals surface area (Å²) in [5.41, 5.74) is 0. The highest BCUT2D eigenvalue weighted by atomic mass is 32.1. The summed E-state index contributed by atoms with van der Waals surface area (Å²) < 4.78 is 5.26. The van der Waals surface area contributed by atoms with E-state index in [1.165, 1.54) is 6.92 Å². The largest absolute Gasteiger partial charge is 0.354 e. The molecule has 142 valence electrons. The summed E-state index contributed by atoms with van der Waals surface area (Å²) in [5, 5.41) is 11.5. The smallest absolute Gasteiger partial charge is 0.242 e. The van der Waals surface area contributed by atoms with Crippen molar-refractivity contribution in [2.75, 3.05) is 6.54 Å². The van der Waals surface area contributed by atoms with E-state index in [2.05, 4.69) is 20.8 Å². The minimum Gasteiger partial charge on any atom is -0.354 e. The fourth-order valence-corrected chi connectivity index (χ4v) is 3.16. The van der Waals surface area contributed by atoms with Gasteiger partial charge in [-0.25, -0.2) is 0 Å². The molecule has 2 amide bonds. The maximum atomic E-state index is 12.1. The summed E-state index contributed by atoms with van der Waals surface area (Å²) in [4.78, 5) is 28.7. The van der Waals surface area contributed by atoms with E-state index < -0.39 is 6.04 Å². The van der Waals surface area contributed by atoms with E-state index in [9.17, 15) is 9.59 Å². The van der Waals surface area contributed by atoms with Crippen LogP contribution in [0.4, 0.5) is 0 Å². The number of nitrogens with zero attached hydrogens (tertiary/aromatic N) is 2. The molecule has 0 aliphatic heterocycles. The van der Waals surface area contributed by atoms with E-state index in [1.54, 1.807) is 11.3 Å². The Morgan fingerprint density at radius 2 is 2.08 bits per heavy atom. The predicted octanol–water partition coefficient (Wildman–Crippen LogP) is 2.79. The molecular weight excluding hydrogens is 352 g/mol. The molecule has 0 aliphatic rings. The lowest BCUT2D eigenvalue weighted by Gasteiger charge is -2.20. The first kappa shape index (κ1) is 20.1. The molecule has 2 heterocycles. The van der Waals surface area contributed by atoms with Crippen molar-refractivity contribution in [1.82, 2.24) is 20.8 Å². The van der Waals surface area contributed by atoms with Gasteiger partial charge >= 0.3 is 0 Å². The van der Waals surface area contributed by atoms with Crippen molar-refractivity contribution in [1.29, 1.82) is 0 Å². The monoisotopic (exact) mass is 378 g/mol. The number of hydrogen-bond donors (Lipinski definition) is 2. The molecule has 0 bridgehead atoms. The Labute approximate surface area is 157 Å². The second kappa shape index (κ2) is 10.1. The zero-order valence-corrected chi connectivity index (χ0v) is 16.3. The molecule has 2 aromatic rings. The van der Waals surface area contributed by atoms with Gasteiger partial charge in [0.05, 0.1) is 4.88 Å². The third-order valence-electron chi connectivity index (χ3n) is 3.88. The standard InChI is InChI=1S/C18H26N4O3S/c1-12(2)16(20-13(3)23)18(24)19-10-6-4-5-9-15-21-17(22-25-15)14-8-7-11-26-14/h7-8,11-12,16H,4-6,9-10H2,1-3H3,(H,19,24)(H,20,23)/t16-/m1/s1. The summed E-state index contributed by atoms with van der Waals surface area (Å²) in [6, 6.07) is 3.44. The van der Waals surface area contributed by atoms with Crippen LogP contribution in [0.5, 0.6) is 0 Å². The number of thiophene rings is 1. The van der Waals surface area contributed by atoms with Gasteiger partial charge in [0.25, 0.3) is 0 Å². The highest BCUT2D eigenvalue weighted by Gasteiger charge is 2.22. The number of rotatable bonds is 10. The lowest BCUT2D eigenvalue weighted by atomic mass is 10.0. The van der Waals surface area contributed by atoms with Crippen LogP contribution in [0.2, 0.25) is 0 Å². The first-order chi connectivity index (χ1) is 12.5. The van der Waals surface area contributed by atoms with Crippen molar-refractivity contribution < 1.29 is 14.1 Å². The maximum Gasteiger partial charge on any atom is 0.242 e. The van der Waals surface area contributed by atoms with Gasteiger partial charge in [-0.2, -0.15) is 4.98 Å². The second-order valence-electron chi connectivity index (χ2n) is 6.51. The van der Waals surface area contributed by atoms with Gasteiger partial charge in [0.1, 0.15) is 6.04 Å². The maximum absolute atomic E-state index is 12.1. The van der Waals surface area contributed by atoms with Crippen LogP contribution >= 0.6 is 11.3 Å². The van der Waals surface area contributed by atoms with Gasteiger partial charge in [-0.05, 0) is 30.2 Å². The van der Waals surface area contributed by atoms with Crippen LogP contribution in [0.1, 0.15) is 45.9 Å². The van der Waals surface area contributed by atoms with Crippen molar-refractivity contribution >= 4 is 23.2 Å². The van der Waals surface area contributed by atoms with Gasteiger partial charge < -0.3 is 15.2 Å². The lowest BCUT2D eigenvalue weighted by Crippen LogP contribution is -2.49. The van der Waals surface area contributed by atoms with Crippen LogP contribution in [0.3, 0.4) is 0 Å². The number of amides is 2. The van der Waals surface area contributed by atoms with E-state index in [0.29, 0.717) is 18.3 Å². The number of aromatic nitrogens is 2. The van der Waals surface area contributed by atoms with Gasteiger partial charge in [0.15, 0.2) is 0 Å². The molecule has 0 aromatic carbocycles. The quantitative estimate of drug-likeness (QED) is 0.620. The molecule has 0 spiro atoms. The zero-order valence-electron chi connectivity index (χ0n) is 15.4. The van der Waals surface area contributed by atoms with Crippen LogP contribution < -0.4 is 10.6 Å². The predicted molar refractivity (Wildman–Crippen MR) is 101 cm³/mol. The van der Waals surface area contributed by atoms with Crippen LogP contribution in [0, 0.1) is 5.92 Å². The molecular formula is C18H26N4O3S. The van der Waals surface area contributed by atoms with Gasteiger partial charge in [0, 0.05) is 19.9 Å². The van der Waals surface area contributed by atoms with Gasteiger partial charge in [-0.15, -0.1) is 11.3 Å². The highest BCUT2D eigenvalue weighted by Crippen LogP contribution is 2.21. The summed E-state index contributed by atoms with van der Waals surface area (Å²) in [5.74, 6) is 1.00. The van der Waals surface area contributed by atoms with Crippen LogP contribution in [0.15, 0.2) is 22.0 Å². The fraction of sp³-hybridized carbons (Fsp3) is 0.556. The Kier molecular flexibility index (Phi) is 7.77. The SMILES string of the molecule is CC(=O)N[C@@H](C(=O)NCCCCCc1nc(-c2cccs2)no1)C(C)C. The molecule has 7 nitrogen and oxygen atoms in total. The Morgan fingerprint density at radius 3 is 2.73 bits per heavy atom. The van der Waals surface area contributed by atoms with Gasteiger partial charge in [-0.1, -0.05) is 31.5 Å². The number of aryl methyl sites for hydroxylation is 1. The molecule has 0 radical (unpaired) electrons. The average molecular weight is 378 g/mol. The average Bonchev–Trinajstić information content (AvgIpc) is 3.26. The zero-order chi connectivity index (χ0) is 18.9. The lowest BCUT2D eigenvalue weighted by molar-refractivity contribution is -0.129. The number of hydrogen-bond acceptors (Lipinski definition) is 6. The molecule has 2 rings (SSSR count). The van der Waals surface area contributed by atoms with Crippen molar-refractivity contribution in [2.24, 2.45) is 5.92 Å². The first-order valence-corrected chi connectivity index (χ1v) is 9.76. The summed E-state index contributed by atoms with van der Waals surface area (Å²) in [6.45, 7) is 5.83. The summed E-state index contributed by atoms with van der Waals surface area (Å²) in [6.07, 6.45) is 3.46. The molecule has 8 heteroatoms. The molecule has 2 aromatic heterocycles. The minimum absolute atomic E-state index is 0.0500. The number of unbranched alkanes of at least 4 members (excludes halogenated alkanes) is 2. The van der Waals surface area contributed by atoms with Crippen molar-refractivity contribution in [3.8, 4) is 10.7 Å². The second-order valence-corrected chi connectivity index (χ2v) is 7.46. The molecule has 1 atom stereocenters. The molecule has 0 aliphatic carbocycles. The van der Waals surface area contributed by atoms with E-state index in [4.69, 9.17) is 4.52 Å². The Morgan fingerprint density at radius 1 is 1.27 bits per heavy atom. The van der Waals surface area contributed by atoms with Crippen LogP contribution in [-0.2, 0) is 16.0 Å². The highest BCUT2D eigenvalue weighted by molar-refractivity contribution is 7.13. The van der Waals surface area contributed by atoms with Crippen molar-refractivity contribution in [3.63, 3.8) is 0 Å². The molecule has 0 unspecified atom stereocenters. The van der Waals surface area contributed by atoms with Crippen LogP contribution in [0.25, 0.3) is 10.7 Å². The first-order valence-electron chi connectivity index (χ1n) is 8.88. The third kappa shape index (κ3) is 6.25. The molecule has 2 N–H and O–H groups in total. The Hall–Kier alpha value is -2.22. The van der Waals surface area contributed by atoms with Gasteiger partial charge in [-0.3, -0.25) is 9.59 Å². The summed E-state index contributed by atoms with van der Waals surface area (Å²) >= 11 is 1.58. The van der Waals surface area contributed by atoms with E-state index in [1.807, 2.05) is 31.4 Å². The normalized spacial score (nSPS) is 12.2. The summed E-state index contributed by atoms with van der Waals surface area (Å²) in [7, 11) is 0. The topological polar surface area (TPSA) is 97.1 Å². The van der Waals surface area contributed by atoms with E-state index in [0.717, 1.165) is 30.6 Å². The molecule has 0 fully saturated rings. The Bertz CT molecular complexity index is 697. The van der Waals surface area contributed by atoms with E-state index in [-0.39, 0.29) is 17.7 Å². The third-order valence-corrected chi connectivity index (χ3v) is 4.75. The fourth-order valence-electron chi connectivity index (χ4n) is 2.52. The van der Waals surface area contributed by atoms with E-state index >= 15 is 0 Å². The number of carbonyl (C=O) groups excluding carboxylic acids is 2.